The quantitative estimate of drug-likeness (QED) is 0.614. The summed E-state index contributed by atoms with van der Waals surface area (Å²) >= 11 is 0. The third-order valence-corrected chi connectivity index (χ3v) is 2.93. The van der Waals surface area contributed by atoms with Crippen molar-refractivity contribution in [3.8, 4) is 0 Å². The highest BCUT2D eigenvalue weighted by Crippen LogP contribution is 2.22. The van der Waals surface area contributed by atoms with Gasteiger partial charge in [0.1, 0.15) is 0 Å². The number of aromatic nitrogens is 1. The number of fused-ring (bicyclic) bond motifs is 1. The standard InChI is InChI=1S/C14H15NO3/c1-3-6-15-8-11(9-16)12-5-4-10(7-13(12)15)14(17)18-2/h4-5,7-9H,3,6H2,1-2H3. The van der Waals surface area contributed by atoms with Crippen molar-refractivity contribution in [2.75, 3.05) is 7.11 Å². The Hall–Kier alpha value is -2.10. The highest BCUT2D eigenvalue weighted by atomic mass is 16.5. The van der Waals surface area contributed by atoms with E-state index in [0.717, 1.165) is 30.2 Å². The van der Waals surface area contributed by atoms with Gasteiger partial charge in [0.05, 0.1) is 12.7 Å². The van der Waals surface area contributed by atoms with Gasteiger partial charge in [-0.05, 0) is 18.6 Å². The maximum absolute atomic E-state index is 11.5. The summed E-state index contributed by atoms with van der Waals surface area (Å²) in [4.78, 5) is 22.5. The topological polar surface area (TPSA) is 48.3 Å². The fourth-order valence-corrected chi connectivity index (χ4v) is 2.08. The van der Waals surface area contributed by atoms with Gasteiger partial charge in [0.2, 0.25) is 0 Å². The Morgan fingerprint density at radius 3 is 2.83 bits per heavy atom. The fraction of sp³-hybridized carbons (Fsp3) is 0.286. The highest BCUT2D eigenvalue weighted by Gasteiger charge is 2.11. The van der Waals surface area contributed by atoms with Gasteiger partial charge in [0.25, 0.3) is 0 Å². The number of hydrogen-bond donors (Lipinski definition) is 0. The number of ether oxygens (including phenoxy) is 1. The fourth-order valence-electron chi connectivity index (χ4n) is 2.08. The van der Waals surface area contributed by atoms with Gasteiger partial charge < -0.3 is 9.30 Å². The third kappa shape index (κ3) is 2.01. The van der Waals surface area contributed by atoms with Crippen molar-refractivity contribution in [2.24, 2.45) is 0 Å². The second-order valence-corrected chi connectivity index (χ2v) is 4.12. The molecule has 0 spiro atoms. The summed E-state index contributed by atoms with van der Waals surface area (Å²) in [5, 5.41) is 0.867. The number of aldehydes is 1. The van der Waals surface area contributed by atoms with Crippen molar-refractivity contribution in [3.05, 3.63) is 35.5 Å². The van der Waals surface area contributed by atoms with Crippen LogP contribution >= 0.6 is 0 Å². The molecule has 4 nitrogen and oxygen atoms in total. The molecular weight excluding hydrogens is 230 g/mol. The Kier molecular flexibility index (Phi) is 3.46. The summed E-state index contributed by atoms with van der Waals surface area (Å²) < 4.78 is 6.69. The molecule has 0 aliphatic rings. The first-order valence-corrected chi connectivity index (χ1v) is 5.87. The van der Waals surface area contributed by atoms with E-state index in [-0.39, 0.29) is 5.97 Å². The van der Waals surface area contributed by atoms with Crippen LogP contribution in [0, 0.1) is 0 Å². The van der Waals surface area contributed by atoms with Crippen LogP contribution in [-0.2, 0) is 11.3 Å². The van der Waals surface area contributed by atoms with Crippen molar-refractivity contribution < 1.29 is 14.3 Å². The number of esters is 1. The maximum Gasteiger partial charge on any atom is 0.337 e. The molecule has 2 aromatic rings. The molecule has 1 heterocycles. The second-order valence-electron chi connectivity index (χ2n) is 4.12. The minimum Gasteiger partial charge on any atom is -0.465 e. The minimum absolute atomic E-state index is 0.367. The molecule has 0 unspecified atom stereocenters. The lowest BCUT2D eigenvalue weighted by Gasteiger charge is -2.04. The van der Waals surface area contributed by atoms with Gasteiger partial charge in [-0.1, -0.05) is 13.0 Å². The molecule has 0 atom stereocenters. The summed E-state index contributed by atoms with van der Waals surface area (Å²) in [6.45, 7) is 2.88. The zero-order valence-corrected chi connectivity index (χ0v) is 10.5. The van der Waals surface area contributed by atoms with E-state index in [1.54, 1.807) is 18.2 Å². The summed E-state index contributed by atoms with van der Waals surface area (Å²) in [5.41, 5.74) is 2.04. The van der Waals surface area contributed by atoms with Crippen molar-refractivity contribution in [2.45, 2.75) is 19.9 Å². The summed E-state index contributed by atoms with van der Waals surface area (Å²) in [6, 6.07) is 5.23. The monoisotopic (exact) mass is 245 g/mol. The van der Waals surface area contributed by atoms with Gasteiger partial charge in [-0.15, -0.1) is 0 Å². The summed E-state index contributed by atoms with van der Waals surface area (Å²) in [6.07, 6.45) is 3.62. The smallest absolute Gasteiger partial charge is 0.337 e. The first-order valence-electron chi connectivity index (χ1n) is 5.87. The SMILES string of the molecule is CCCn1cc(C=O)c2ccc(C(=O)OC)cc21. The van der Waals surface area contributed by atoms with E-state index < -0.39 is 0 Å². The van der Waals surface area contributed by atoms with Crippen LogP contribution in [0.15, 0.2) is 24.4 Å². The molecule has 4 heteroatoms. The van der Waals surface area contributed by atoms with Crippen LogP contribution in [0.1, 0.15) is 34.1 Å². The molecule has 0 saturated heterocycles. The minimum atomic E-state index is -0.367. The molecule has 0 aliphatic carbocycles. The first kappa shape index (κ1) is 12.4. The predicted octanol–water partition coefficient (Wildman–Crippen LogP) is 2.65. The Labute approximate surface area is 105 Å². The first-order chi connectivity index (χ1) is 8.71. The number of benzene rings is 1. The molecule has 0 N–H and O–H groups in total. The number of carbonyl (C=O) groups excluding carboxylic acids is 2. The molecule has 0 saturated carbocycles. The molecule has 0 aliphatic heterocycles. The van der Waals surface area contributed by atoms with Crippen LogP contribution in [0.2, 0.25) is 0 Å². The van der Waals surface area contributed by atoms with Crippen molar-refractivity contribution in [3.63, 3.8) is 0 Å². The number of nitrogens with zero attached hydrogens (tertiary/aromatic N) is 1. The van der Waals surface area contributed by atoms with Crippen molar-refractivity contribution in [1.82, 2.24) is 4.57 Å². The van der Waals surface area contributed by atoms with Gasteiger partial charge in [-0.3, -0.25) is 4.79 Å². The van der Waals surface area contributed by atoms with Crippen LogP contribution in [-0.4, -0.2) is 23.9 Å². The molecule has 0 fully saturated rings. The number of carbonyl (C=O) groups is 2. The average molecular weight is 245 g/mol. The van der Waals surface area contributed by atoms with E-state index in [0.29, 0.717) is 11.1 Å². The van der Waals surface area contributed by atoms with Crippen LogP contribution in [0.5, 0.6) is 0 Å². The second kappa shape index (κ2) is 5.04. The average Bonchev–Trinajstić information content (AvgIpc) is 2.76. The number of aryl methyl sites for hydroxylation is 1. The number of methoxy groups -OCH3 is 1. The van der Waals surface area contributed by atoms with Gasteiger partial charge >= 0.3 is 5.97 Å². The molecule has 0 radical (unpaired) electrons. The van der Waals surface area contributed by atoms with E-state index in [4.69, 9.17) is 4.74 Å². The van der Waals surface area contributed by atoms with Crippen molar-refractivity contribution in [1.29, 1.82) is 0 Å². The van der Waals surface area contributed by atoms with E-state index in [1.807, 2.05) is 10.8 Å². The molecule has 0 amide bonds. The molecule has 1 aromatic heterocycles. The molecule has 18 heavy (non-hydrogen) atoms. The van der Waals surface area contributed by atoms with E-state index >= 15 is 0 Å². The summed E-state index contributed by atoms with van der Waals surface area (Å²) in [5.74, 6) is -0.367. The molecule has 0 bridgehead atoms. The number of hydrogen-bond acceptors (Lipinski definition) is 3. The molecule has 2 rings (SSSR count). The van der Waals surface area contributed by atoms with E-state index in [1.165, 1.54) is 7.11 Å². The van der Waals surface area contributed by atoms with Gasteiger partial charge in [0, 0.05) is 29.2 Å². The van der Waals surface area contributed by atoms with Crippen LogP contribution in [0.25, 0.3) is 10.9 Å². The maximum atomic E-state index is 11.5. The Bertz CT molecular complexity index is 598. The largest absolute Gasteiger partial charge is 0.465 e. The number of rotatable bonds is 4. The normalized spacial score (nSPS) is 10.6. The Morgan fingerprint density at radius 1 is 1.44 bits per heavy atom. The van der Waals surface area contributed by atoms with Crippen LogP contribution in [0.3, 0.4) is 0 Å². The Morgan fingerprint density at radius 2 is 2.22 bits per heavy atom. The lowest BCUT2D eigenvalue weighted by atomic mass is 10.1. The molecule has 94 valence electrons. The Balaban J connectivity index is 2.62. The van der Waals surface area contributed by atoms with E-state index in [9.17, 15) is 9.59 Å². The third-order valence-electron chi connectivity index (χ3n) is 2.93. The van der Waals surface area contributed by atoms with Crippen LogP contribution in [0.4, 0.5) is 0 Å². The predicted molar refractivity (Wildman–Crippen MR) is 69.0 cm³/mol. The highest BCUT2D eigenvalue weighted by molar-refractivity contribution is 6.01. The summed E-state index contributed by atoms with van der Waals surface area (Å²) in [7, 11) is 1.36. The molecular formula is C14H15NO3. The van der Waals surface area contributed by atoms with Gasteiger partial charge in [-0.25, -0.2) is 4.79 Å². The van der Waals surface area contributed by atoms with Crippen LogP contribution < -0.4 is 0 Å². The molecule has 1 aromatic carbocycles. The zero-order chi connectivity index (χ0) is 13.1. The van der Waals surface area contributed by atoms with E-state index in [2.05, 4.69) is 6.92 Å². The zero-order valence-electron chi connectivity index (χ0n) is 10.5. The van der Waals surface area contributed by atoms with Crippen molar-refractivity contribution >= 4 is 23.2 Å². The van der Waals surface area contributed by atoms with Gasteiger partial charge in [0.15, 0.2) is 6.29 Å². The lowest BCUT2D eigenvalue weighted by Crippen LogP contribution is -2.01. The van der Waals surface area contributed by atoms with Gasteiger partial charge in [-0.2, -0.15) is 0 Å². The lowest BCUT2D eigenvalue weighted by molar-refractivity contribution is 0.0601.